The van der Waals surface area contributed by atoms with Crippen molar-refractivity contribution in [2.45, 2.75) is 36.5 Å². The van der Waals surface area contributed by atoms with Crippen LogP contribution in [-0.4, -0.2) is 35.8 Å². The summed E-state index contributed by atoms with van der Waals surface area (Å²) in [6, 6.07) is 6.23. The van der Waals surface area contributed by atoms with Crippen molar-refractivity contribution in [3.63, 3.8) is 0 Å². The second kappa shape index (κ2) is 7.31. The van der Waals surface area contributed by atoms with Gasteiger partial charge in [0.2, 0.25) is 10.0 Å². The highest BCUT2D eigenvalue weighted by Crippen LogP contribution is 2.19. The molecular formula is C13H21NO4S2. The summed E-state index contributed by atoms with van der Waals surface area (Å²) in [6.45, 7) is 3.66. The lowest BCUT2D eigenvalue weighted by atomic mass is 10.1. The quantitative estimate of drug-likeness (QED) is 0.790. The third-order valence-corrected chi connectivity index (χ3v) is 5.79. The zero-order chi connectivity index (χ0) is 15.3. The van der Waals surface area contributed by atoms with E-state index in [1.165, 1.54) is 18.4 Å². The third kappa shape index (κ3) is 4.66. The van der Waals surface area contributed by atoms with E-state index in [-0.39, 0.29) is 16.7 Å². The maximum absolute atomic E-state index is 12.1. The molecule has 0 aliphatic heterocycles. The maximum Gasteiger partial charge on any atom is 0.240 e. The SMILES string of the molecule is CCC(O)c1cccc(S(=O)(=O)NCC(C)S(C)=O)c1. The van der Waals surface area contributed by atoms with Gasteiger partial charge in [-0.05, 0) is 31.0 Å². The van der Waals surface area contributed by atoms with Crippen molar-refractivity contribution in [1.29, 1.82) is 0 Å². The maximum atomic E-state index is 12.1. The monoisotopic (exact) mass is 319 g/mol. The molecule has 0 fully saturated rings. The van der Waals surface area contributed by atoms with Gasteiger partial charge in [0, 0.05) is 28.9 Å². The summed E-state index contributed by atoms with van der Waals surface area (Å²) in [7, 11) is -4.73. The van der Waals surface area contributed by atoms with Gasteiger partial charge < -0.3 is 5.11 Å². The number of rotatable bonds is 7. The van der Waals surface area contributed by atoms with Crippen molar-refractivity contribution in [2.75, 3.05) is 12.8 Å². The minimum absolute atomic E-state index is 0.108. The van der Waals surface area contributed by atoms with Crippen LogP contribution in [0.4, 0.5) is 0 Å². The molecule has 0 amide bonds. The normalized spacial score (nSPS) is 16.6. The largest absolute Gasteiger partial charge is 0.388 e. The first kappa shape index (κ1) is 17.3. The van der Waals surface area contributed by atoms with Crippen LogP contribution in [0.15, 0.2) is 29.2 Å². The van der Waals surface area contributed by atoms with Gasteiger partial charge in [-0.15, -0.1) is 0 Å². The van der Waals surface area contributed by atoms with Crippen LogP contribution in [0.25, 0.3) is 0 Å². The van der Waals surface area contributed by atoms with Gasteiger partial charge in [-0.3, -0.25) is 4.21 Å². The Kier molecular flexibility index (Phi) is 6.32. The average molecular weight is 319 g/mol. The van der Waals surface area contributed by atoms with E-state index >= 15 is 0 Å². The van der Waals surface area contributed by atoms with Crippen LogP contribution < -0.4 is 4.72 Å². The van der Waals surface area contributed by atoms with Crippen LogP contribution in [0.2, 0.25) is 0 Å². The molecule has 5 nitrogen and oxygen atoms in total. The van der Waals surface area contributed by atoms with Gasteiger partial charge in [0.1, 0.15) is 0 Å². The number of nitrogens with one attached hydrogen (secondary N) is 1. The molecular weight excluding hydrogens is 298 g/mol. The Morgan fingerprint density at radius 3 is 2.60 bits per heavy atom. The molecule has 0 heterocycles. The summed E-state index contributed by atoms with van der Waals surface area (Å²) in [5.74, 6) is 0. The fourth-order valence-corrected chi connectivity index (χ4v) is 3.16. The highest BCUT2D eigenvalue weighted by atomic mass is 32.2. The van der Waals surface area contributed by atoms with Gasteiger partial charge in [0.25, 0.3) is 0 Å². The molecule has 2 N–H and O–H groups in total. The molecule has 0 radical (unpaired) electrons. The first-order chi connectivity index (χ1) is 9.27. The predicted octanol–water partition coefficient (Wildman–Crippen LogP) is 1.18. The highest BCUT2D eigenvalue weighted by molar-refractivity contribution is 7.89. The van der Waals surface area contributed by atoms with E-state index in [1.54, 1.807) is 19.1 Å². The van der Waals surface area contributed by atoms with Gasteiger partial charge in [-0.1, -0.05) is 19.1 Å². The molecule has 3 unspecified atom stereocenters. The summed E-state index contributed by atoms with van der Waals surface area (Å²) >= 11 is 0. The Morgan fingerprint density at radius 2 is 2.05 bits per heavy atom. The van der Waals surface area contributed by atoms with E-state index in [0.717, 1.165) is 0 Å². The van der Waals surface area contributed by atoms with Gasteiger partial charge >= 0.3 is 0 Å². The average Bonchev–Trinajstić information content (AvgIpc) is 2.43. The minimum Gasteiger partial charge on any atom is -0.388 e. The Morgan fingerprint density at radius 1 is 1.40 bits per heavy atom. The first-order valence-electron chi connectivity index (χ1n) is 6.37. The second-order valence-electron chi connectivity index (χ2n) is 4.66. The van der Waals surface area contributed by atoms with Gasteiger partial charge in [-0.25, -0.2) is 13.1 Å². The van der Waals surface area contributed by atoms with Crippen molar-refractivity contribution in [2.24, 2.45) is 0 Å². The molecule has 0 spiro atoms. The van der Waals surface area contributed by atoms with Crippen LogP contribution in [0.5, 0.6) is 0 Å². The highest BCUT2D eigenvalue weighted by Gasteiger charge is 2.17. The Labute approximate surface area is 122 Å². The number of hydrogen-bond donors (Lipinski definition) is 2. The van der Waals surface area contributed by atoms with Crippen molar-refractivity contribution in [3.8, 4) is 0 Å². The summed E-state index contributed by atoms with van der Waals surface area (Å²) in [5, 5.41) is 9.50. The van der Waals surface area contributed by atoms with E-state index < -0.39 is 26.9 Å². The summed E-state index contributed by atoms with van der Waals surface area (Å²) in [6.07, 6.45) is 1.38. The van der Waals surface area contributed by atoms with Gasteiger partial charge in [0.05, 0.1) is 11.0 Å². The minimum atomic E-state index is -3.65. The molecule has 1 rings (SSSR count). The molecule has 20 heavy (non-hydrogen) atoms. The van der Waals surface area contributed by atoms with Crippen LogP contribution in [0, 0.1) is 0 Å². The Balaban J connectivity index is 2.90. The number of hydrogen-bond acceptors (Lipinski definition) is 4. The lowest BCUT2D eigenvalue weighted by molar-refractivity contribution is 0.173. The molecule has 7 heteroatoms. The summed E-state index contributed by atoms with van der Waals surface area (Å²) in [4.78, 5) is 0.108. The lowest BCUT2D eigenvalue weighted by Crippen LogP contribution is -2.32. The van der Waals surface area contributed by atoms with Crippen LogP contribution in [0.1, 0.15) is 31.9 Å². The van der Waals surface area contributed by atoms with Crippen LogP contribution >= 0.6 is 0 Å². The zero-order valence-electron chi connectivity index (χ0n) is 11.9. The zero-order valence-corrected chi connectivity index (χ0v) is 13.5. The summed E-state index contributed by atoms with van der Waals surface area (Å²) < 4.78 is 37.9. The van der Waals surface area contributed by atoms with E-state index in [0.29, 0.717) is 12.0 Å². The van der Waals surface area contributed by atoms with Crippen LogP contribution in [-0.2, 0) is 20.8 Å². The van der Waals surface area contributed by atoms with Crippen molar-refractivity contribution >= 4 is 20.8 Å². The fourth-order valence-electron chi connectivity index (χ4n) is 1.55. The van der Waals surface area contributed by atoms with E-state index in [1.807, 2.05) is 6.92 Å². The van der Waals surface area contributed by atoms with Crippen molar-refractivity contribution < 1.29 is 17.7 Å². The number of aliphatic hydroxyl groups excluding tert-OH is 1. The Hall–Kier alpha value is -0.760. The molecule has 1 aromatic carbocycles. The van der Waals surface area contributed by atoms with Crippen molar-refractivity contribution in [1.82, 2.24) is 4.72 Å². The predicted molar refractivity (Wildman–Crippen MR) is 80.4 cm³/mol. The molecule has 0 aromatic heterocycles. The fraction of sp³-hybridized carbons (Fsp3) is 0.538. The number of aliphatic hydroxyl groups is 1. The lowest BCUT2D eigenvalue weighted by Gasteiger charge is -2.13. The smallest absolute Gasteiger partial charge is 0.240 e. The molecule has 3 atom stereocenters. The van der Waals surface area contributed by atoms with Crippen LogP contribution in [0.3, 0.4) is 0 Å². The first-order valence-corrected chi connectivity index (χ1v) is 9.48. The van der Waals surface area contributed by atoms with E-state index in [9.17, 15) is 17.7 Å². The topological polar surface area (TPSA) is 83.5 Å². The molecule has 1 aromatic rings. The number of sulfonamides is 1. The van der Waals surface area contributed by atoms with Crippen molar-refractivity contribution in [3.05, 3.63) is 29.8 Å². The van der Waals surface area contributed by atoms with E-state index in [4.69, 9.17) is 0 Å². The number of benzene rings is 1. The van der Waals surface area contributed by atoms with Gasteiger partial charge in [0.15, 0.2) is 0 Å². The van der Waals surface area contributed by atoms with E-state index in [2.05, 4.69) is 4.72 Å². The van der Waals surface area contributed by atoms with Gasteiger partial charge in [-0.2, -0.15) is 0 Å². The molecule has 0 aliphatic carbocycles. The third-order valence-electron chi connectivity index (χ3n) is 3.07. The molecule has 0 saturated carbocycles. The Bertz CT molecular complexity index is 571. The standard InChI is InChI=1S/C13H21NO4S2/c1-4-13(15)11-6-5-7-12(8-11)20(17,18)14-9-10(2)19(3)16/h5-8,10,13-15H,4,9H2,1-3H3. The second-order valence-corrected chi connectivity index (χ2v) is 8.23. The molecule has 114 valence electrons. The molecule has 0 aliphatic rings. The molecule has 0 bridgehead atoms. The summed E-state index contributed by atoms with van der Waals surface area (Å²) in [5.41, 5.74) is 0.572. The molecule has 0 saturated heterocycles.